The molecule has 0 aliphatic heterocycles. The Kier molecular flexibility index (Phi) is 9.38. The van der Waals surface area contributed by atoms with Crippen LogP contribution in [0.2, 0.25) is 0 Å². The third-order valence-electron chi connectivity index (χ3n) is 5.90. The normalized spacial score (nSPS) is 13.8. The summed E-state index contributed by atoms with van der Waals surface area (Å²) in [7, 11) is -8.50. The molecule has 10 heteroatoms. The van der Waals surface area contributed by atoms with Gasteiger partial charge in [0, 0.05) is 5.56 Å². The summed E-state index contributed by atoms with van der Waals surface area (Å²) in [6.45, 7) is 14.5. The fourth-order valence-electron chi connectivity index (χ4n) is 4.03. The molecule has 0 spiro atoms. The Morgan fingerprint density at radius 1 is 0.676 bits per heavy atom. The van der Waals surface area contributed by atoms with Crippen molar-refractivity contribution in [3.8, 4) is 16.9 Å². The average Bonchev–Trinajstić information content (AvgIpc) is 2.78. The summed E-state index contributed by atoms with van der Waals surface area (Å²) in [4.78, 5) is 29.4. The standard InChI is InChI=1S/C27H34O6P2.H4N2/c1-18-16-25(24(27(5,6)7)17-23(18)26(2,3)4)33-35(31,32)22-14-10-20(11-15-22)19-8-12-21(13-9-19)34(28,29)30;1-2/h8-17H,1-7H3,(H,31,32)(H2,28,29,30);1-2H2. The molecule has 3 aromatic rings. The first-order valence-corrected chi connectivity index (χ1v) is 14.9. The number of hydrogen-bond donors (Lipinski definition) is 5. The van der Waals surface area contributed by atoms with Crippen LogP contribution in [0.4, 0.5) is 0 Å². The molecule has 3 aromatic carbocycles. The molecule has 0 bridgehead atoms. The van der Waals surface area contributed by atoms with E-state index >= 15 is 0 Å². The molecule has 7 N–H and O–H groups in total. The minimum Gasteiger partial charge on any atom is -0.421 e. The number of nitrogens with two attached hydrogens (primary N) is 2. The molecule has 8 nitrogen and oxygen atoms in total. The van der Waals surface area contributed by atoms with Crippen molar-refractivity contribution in [2.24, 2.45) is 11.7 Å². The summed E-state index contributed by atoms with van der Waals surface area (Å²) >= 11 is 0. The highest BCUT2D eigenvalue weighted by Gasteiger charge is 2.30. The topological polar surface area (TPSA) is 156 Å². The number of rotatable bonds is 5. The van der Waals surface area contributed by atoms with Gasteiger partial charge in [-0.05, 0) is 70.3 Å². The Morgan fingerprint density at radius 3 is 1.46 bits per heavy atom. The predicted octanol–water partition coefficient (Wildman–Crippen LogP) is 4.77. The van der Waals surface area contributed by atoms with Crippen molar-refractivity contribution in [2.75, 3.05) is 0 Å². The van der Waals surface area contributed by atoms with Crippen molar-refractivity contribution in [1.82, 2.24) is 0 Å². The Bertz CT molecular complexity index is 1320. The zero-order valence-corrected chi connectivity index (χ0v) is 24.2. The highest BCUT2D eigenvalue weighted by Crippen LogP contribution is 2.47. The van der Waals surface area contributed by atoms with E-state index in [1.807, 2.05) is 33.8 Å². The highest BCUT2D eigenvalue weighted by atomic mass is 31.2. The second-order valence-electron chi connectivity index (χ2n) is 10.9. The first kappa shape index (κ1) is 30.9. The molecule has 37 heavy (non-hydrogen) atoms. The van der Waals surface area contributed by atoms with Gasteiger partial charge in [-0.25, -0.2) is 4.57 Å². The summed E-state index contributed by atoms with van der Waals surface area (Å²) in [5.41, 5.74) is 4.12. The average molecular weight is 549 g/mol. The van der Waals surface area contributed by atoms with Crippen LogP contribution in [0.3, 0.4) is 0 Å². The fourth-order valence-corrected chi connectivity index (χ4v) is 5.61. The van der Waals surface area contributed by atoms with Gasteiger partial charge in [-0.2, -0.15) is 0 Å². The van der Waals surface area contributed by atoms with E-state index in [1.54, 1.807) is 36.4 Å². The Hall–Kier alpha value is -2.28. The van der Waals surface area contributed by atoms with Gasteiger partial charge in [-0.3, -0.25) is 16.3 Å². The maximum absolute atomic E-state index is 13.3. The van der Waals surface area contributed by atoms with Crippen molar-refractivity contribution in [2.45, 2.75) is 59.3 Å². The first-order chi connectivity index (χ1) is 16.9. The summed E-state index contributed by atoms with van der Waals surface area (Å²) in [6, 6.07) is 16.3. The van der Waals surface area contributed by atoms with E-state index in [2.05, 4.69) is 38.5 Å². The number of benzene rings is 3. The number of hydrogen-bond acceptors (Lipinski definition) is 5. The first-order valence-electron chi connectivity index (χ1n) is 11.7. The Balaban J connectivity index is 0.00000235. The van der Waals surface area contributed by atoms with Crippen molar-refractivity contribution < 1.29 is 28.3 Å². The molecule has 0 aromatic heterocycles. The van der Waals surface area contributed by atoms with Gasteiger partial charge in [0.15, 0.2) is 0 Å². The van der Waals surface area contributed by atoms with Crippen LogP contribution in [-0.2, 0) is 20.0 Å². The fraction of sp³-hybridized carbons (Fsp3) is 0.333. The maximum atomic E-state index is 13.3. The van der Waals surface area contributed by atoms with Crippen LogP contribution < -0.4 is 26.8 Å². The van der Waals surface area contributed by atoms with Crippen molar-refractivity contribution in [3.63, 3.8) is 0 Å². The molecule has 0 heterocycles. The quantitative estimate of drug-likeness (QED) is 0.173. The van der Waals surface area contributed by atoms with Crippen molar-refractivity contribution >= 4 is 25.8 Å². The van der Waals surface area contributed by atoms with E-state index in [-0.39, 0.29) is 21.4 Å². The molecular formula is C27H38N2O6P2. The highest BCUT2D eigenvalue weighted by molar-refractivity contribution is 7.61. The van der Waals surface area contributed by atoms with Crippen molar-refractivity contribution in [3.05, 3.63) is 77.4 Å². The lowest BCUT2D eigenvalue weighted by Gasteiger charge is -2.29. The van der Waals surface area contributed by atoms with E-state index in [4.69, 9.17) is 4.52 Å². The second kappa shape index (κ2) is 11.2. The maximum Gasteiger partial charge on any atom is 0.408 e. The van der Waals surface area contributed by atoms with E-state index in [9.17, 15) is 23.8 Å². The summed E-state index contributed by atoms with van der Waals surface area (Å²) in [5, 5.41) is 0.0963. The van der Waals surface area contributed by atoms with Crippen molar-refractivity contribution in [1.29, 1.82) is 0 Å². The molecule has 0 fully saturated rings. The molecule has 0 amide bonds. The van der Waals surface area contributed by atoms with Crippen LogP contribution in [0, 0.1) is 6.92 Å². The van der Waals surface area contributed by atoms with Gasteiger partial charge in [0.05, 0.1) is 10.6 Å². The van der Waals surface area contributed by atoms with E-state index in [0.717, 1.165) is 27.8 Å². The number of hydrazine groups is 1. The molecule has 0 radical (unpaired) electrons. The lowest BCUT2D eigenvalue weighted by Crippen LogP contribution is -2.19. The molecule has 1 unspecified atom stereocenters. The van der Waals surface area contributed by atoms with Crippen LogP contribution in [0.15, 0.2) is 60.7 Å². The van der Waals surface area contributed by atoms with Gasteiger partial charge >= 0.3 is 15.2 Å². The van der Waals surface area contributed by atoms with E-state index in [0.29, 0.717) is 5.75 Å². The predicted molar refractivity (Wildman–Crippen MR) is 151 cm³/mol. The van der Waals surface area contributed by atoms with Gasteiger partial charge in [0.1, 0.15) is 5.75 Å². The minimum absolute atomic E-state index is 0.0615. The van der Waals surface area contributed by atoms with Gasteiger partial charge < -0.3 is 19.2 Å². The third kappa shape index (κ3) is 7.62. The largest absolute Gasteiger partial charge is 0.421 e. The van der Waals surface area contributed by atoms with Crippen LogP contribution in [0.1, 0.15) is 58.2 Å². The molecule has 0 saturated heterocycles. The molecule has 202 valence electrons. The second-order valence-corrected chi connectivity index (χ2v) is 14.3. The zero-order chi connectivity index (χ0) is 28.4. The molecular weight excluding hydrogens is 510 g/mol. The summed E-state index contributed by atoms with van der Waals surface area (Å²) in [5.74, 6) is 8.39. The van der Waals surface area contributed by atoms with Crippen LogP contribution in [0.25, 0.3) is 11.1 Å². The van der Waals surface area contributed by atoms with E-state index < -0.39 is 15.2 Å². The SMILES string of the molecule is Cc1cc(OP(=O)(O)c2ccc(-c3ccc(P(=O)(O)O)cc3)cc2)c(C(C)(C)C)cc1C(C)(C)C.NN. The zero-order valence-electron chi connectivity index (χ0n) is 22.4. The third-order valence-corrected chi connectivity index (χ3v) is 8.26. The number of aryl methyl sites for hydroxylation is 1. The molecule has 0 aliphatic carbocycles. The monoisotopic (exact) mass is 548 g/mol. The molecule has 3 rings (SSSR count). The summed E-state index contributed by atoms with van der Waals surface area (Å²) < 4.78 is 30.5. The van der Waals surface area contributed by atoms with Gasteiger partial charge in [0.2, 0.25) is 0 Å². The molecule has 1 atom stereocenters. The summed E-state index contributed by atoms with van der Waals surface area (Å²) in [6.07, 6.45) is 0. The molecule has 0 aliphatic rings. The lowest BCUT2D eigenvalue weighted by molar-refractivity contribution is 0.385. The Labute approximate surface area is 219 Å². The van der Waals surface area contributed by atoms with Crippen LogP contribution in [0.5, 0.6) is 5.75 Å². The van der Waals surface area contributed by atoms with Gasteiger partial charge in [-0.1, -0.05) is 71.9 Å². The molecule has 0 saturated carbocycles. The van der Waals surface area contributed by atoms with Crippen LogP contribution in [-0.4, -0.2) is 14.7 Å². The van der Waals surface area contributed by atoms with Gasteiger partial charge in [0.25, 0.3) is 0 Å². The smallest absolute Gasteiger partial charge is 0.408 e. The Morgan fingerprint density at radius 2 is 1.08 bits per heavy atom. The van der Waals surface area contributed by atoms with Gasteiger partial charge in [-0.15, -0.1) is 0 Å². The van der Waals surface area contributed by atoms with Crippen LogP contribution >= 0.6 is 15.2 Å². The minimum atomic E-state index is -4.31. The van der Waals surface area contributed by atoms with E-state index in [1.165, 1.54) is 12.1 Å². The lowest BCUT2D eigenvalue weighted by atomic mass is 9.78.